The van der Waals surface area contributed by atoms with E-state index in [1.165, 1.54) is 12.1 Å². The number of hydrogen-bond donors (Lipinski definition) is 1. The first kappa shape index (κ1) is 13.7. The normalized spacial score (nSPS) is 10.0. The molecule has 2 aromatic rings. The van der Waals surface area contributed by atoms with Gasteiger partial charge in [-0.15, -0.1) is 0 Å². The smallest absolute Gasteiger partial charge is 0.142 e. The maximum atomic E-state index is 13.4. The molecule has 0 fully saturated rings. The van der Waals surface area contributed by atoms with E-state index < -0.39 is 5.82 Å². The Labute approximate surface area is 120 Å². The minimum atomic E-state index is -0.484. The van der Waals surface area contributed by atoms with E-state index in [1.54, 1.807) is 24.3 Å². The van der Waals surface area contributed by atoms with Crippen molar-refractivity contribution in [3.8, 4) is 17.2 Å². The third kappa shape index (κ3) is 3.17. The number of benzene rings is 2. The van der Waals surface area contributed by atoms with Gasteiger partial charge in [-0.1, -0.05) is 35.3 Å². The van der Waals surface area contributed by atoms with Gasteiger partial charge < -0.3 is 5.32 Å². The van der Waals surface area contributed by atoms with Crippen LogP contribution in [0.3, 0.4) is 0 Å². The molecule has 0 spiro atoms. The van der Waals surface area contributed by atoms with Gasteiger partial charge in [-0.2, -0.15) is 5.26 Å². The average Bonchev–Trinajstić information content (AvgIpc) is 2.40. The summed E-state index contributed by atoms with van der Waals surface area (Å²) in [6, 6.07) is 11.8. The molecule has 0 atom stereocenters. The summed E-state index contributed by atoms with van der Waals surface area (Å²) in [6.07, 6.45) is 0. The number of hydrogen-bond acceptors (Lipinski definition) is 2. The monoisotopic (exact) mass is 294 g/mol. The first-order chi connectivity index (χ1) is 9.11. The third-order valence-electron chi connectivity index (χ3n) is 2.57. The lowest BCUT2D eigenvalue weighted by Crippen LogP contribution is -1.98. The fourth-order valence-electron chi connectivity index (χ4n) is 1.66. The zero-order valence-electron chi connectivity index (χ0n) is 9.75. The van der Waals surface area contributed by atoms with Gasteiger partial charge in [0.1, 0.15) is 12.4 Å². The molecule has 0 saturated heterocycles. The third-order valence-corrected chi connectivity index (χ3v) is 3.19. The van der Waals surface area contributed by atoms with Gasteiger partial charge in [-0.05, 0) is 29.8 Å². The number of halogens is 3. The van der Waals surface area contributed by atoms with Crippen molar-refractivity contribution >= 4 is 28.9 Å². The Bertz CT molecular complexity index is 650. The van der Waals surface area contributed by atoms with E-state index in [4.69, 9.17) is 28.5 Å². The summed E-state index contributed by atoms with van der Waals surface area (Å²) in [5.41, 5.74) is 2.10. The lowest BCUT2D eigenvalue weighted by molar-refractivity contribution is 0.629. The van der Waals surface area contributed by atoms with Crippen LogP contribution in [0, 0.1) is 17.1 Å². The van der Waals surface area contributed by atoms with Crippen LogP contribution in [0.4, 0.5) is 10.1 Å². The maximum Gasteiger partial charge on any atom is 0.142 e. The number of rotatable bonds is 3. The molecule has 0 bridgehead atoms. The predicted octanol–water partition coefficient (Wildman–Crippen LogP) is 4.73. The molecule has 5 heteroatoms. The zero-order valence-corrected chi connectivity index (χ0v) is 11.3. The van der Waals surface area contributed by atoms with Crippen LogP contribution < -0.4 is 5.32 Å². The average molecular weight is 295 g/mol. The Morgan fingerprint density at radius 3 is 2.53 bits per heavy atom. The van der Waals surface area contributed by atoms with Crippen molar-refractivity contribution in [2.45, 2.75) is 0 Å². The molecule has 2 nitrogen and oxygen atoms in total. The van der Waals surface area contributed by atoms with Gasteiger partial charge in [0.2, 0.25) is 0 Å². The van der Waals surface area contributed by atoms with Crippen LogP contribution in [0.15, 0.2) is 36.4 Å². The topological polar surface area (TPSA) is 35.8 Å². The highest BCUT2D eigenvalue weighted by Gasteiger charge is 2.07. The van der Waals surface area contributed by atoms with Crippen LogP contribution in [-0.4, -0.2) is 6.54 Å². The second-order valence-corrected chi connectivity index (χ2v) is 4.65. The van der Waals surface area contributed by atoms with Crippen molar-refractivity contribution in [1.29, 1.82) is 5.26 Å². The van der Waals surface area contributed by atoms with Gasteiger partial charge in [-0.3, -0.25) is 0 Å². The molecule has 2 rings (SSSR count). The highest BCUT2D eigenvalue weighted by molar-refractivity contribution is 6.33. The Hall–Kier alpha value is -1.76. The molecule has 0 heterocycles. The van der Waals surface area contributed by atoms with E-state index >= 15 is 0 Å². The SMILES string of the molecule is N#CCNc1ccc(-c2ccc(Cl)c(F)c2)c(Cl)c1. The lowest BCUT2D eigenvalue weighted by Gasteiger charge is -2.08. The van der Waals surface area contributed by atoms with Crippen molar-refractivity contribution in [1.82, 2.24) is 0 Å². The Morgan fingerprint density at radius 2 is 1.89 bits per heavy atom. The summed E-state index contributed by atoms with van der Waals surface area (Å²) in [6.45, 7) is 0.200. The molecule has 0 saturated carbocycles. The van der Waals surface area contributed by atoms with Crippen molar-refractivity contribution in [3.63, 3.8) is 0 Å². The van der Waals surface area contributed by atoms with Crippen molar-refractivity contribution < 1.29 is 4.39 Å². The molecule has 1 N–H and O–H groups in total. The standard InChI is InChI=1S/C14H9Cl2FN2/c15-12-4-1-9(7-14(12)17)11-3-2-10(8-13(11)16)19-6-5-18/h1-4,7-8,19H,6H2. The summed E-state index contributed by atoms with van der Waals surface area (Å²) in [5, 5.41) is 11.9. The first-order valence-electron chi connectivity index (χ1n) is 5.47. The van der Waals surface area contributed by atoms with Gasteiger partial charge in [0.05, 0.1) is 16.1 Å². The molecular formula is C14H9Cl2FN2. The van der Waals surface area contributed by atoms with E-state index in [0.717, 1.165) is 5.69 Å². The molecule has 0 amide bonds. The summed E-state index contributed by atoms with van der Waals surface area (Å²) < 4.78 is 13.4. The number of nitrogens with zero attached hydrogens (tertiary/aromatic N) is 1. The molecule has 0 aliphatic heterocycles. The van der Waals surface area contributed by atoms with Crippen LogP contribution in [0.2, 0.25) is 10.0 Å². The summed E-state index contributed by atoms with van der Waals surface area (Å²) in [5.74, 6) is -0.484. The largest absolute Gasteiger partial charge is 0.372 e. The summed E-state index contributed by atoms with van der Waals surface area (Å²) >= 11 is 11.8. The first-order valence-corrected chi connectivity index (χ1v) is 6.23. The van der Waals surface area contributed by atoms with Gasteiger partial charge in [0, 0.05) is 11.3 Å². The second kappa shape index (κ2) is 5.92. The molecule has 96 valence electrons. The second-order valence-electron chi connectivity index (χ2n) is 3.84. The number of anilines is 1. The number of nitrogens with one attached hydrogen (secondary N) is 1. The van der Waals surface area contributed by atoms with Crippen molar-refractivity contribution in [2.24, 2.45) is 0 Å². The van der Waals surface area contributed by atoms with E-state index in [0.29, 0.717) is 16.1 Å². The van der Waals surface area contributed by atoms with Crippen molar-refractivity contribution in [2.75, 3.05) is 11.9 Å². The molecular weight excluding hydrogens is 286 g/mol. The zero-order chi connectivity index (χ0) is 13.8. The van der Waals surface area contributed by atoms with Crippen LogP contribution in [0.25, 0.3) is 11.1 Å². The van der Waals surface area contributed by atoms with E-state index in [-0.39, 0.29) is 11.6 Å². The minimum Gasteiger partial charge on any atom is -0.372 e. The summed E-state index contributed by atoms with van der Waals surface area (Å²) in [4.78, 5) is 0. The van der Waals surface area contributed by atoms with Crippen LogP contribution in [-0.2, 0) is 0 Å². The minimum absolute atomic E-state index is 0.0761. The van der Waals surface area contributed by atoms with Gasteiger partial charge in [-0.25, -0.2) is 4.39 Å². The molecule has 0 aliphatic rings. The van der Waals surface area contributed by atoms with Gasteiger partial charge >= 0.3 is 0 Å². The molecule has 0 aromatic heterocycles. The fourth-order valence-corrected chi connectivity index (χ4v) is 2.07. The summed E-state index contributed by atoms with van der Waals surface area (Å²) in [7, 11) is 0. The molecule has 0 aliphatic carbocycles. The van der Waals surface area contributed by atoms with E-state index in [9.17, 15) is 4.39 Å². The highest BCUT2D eigenvalue weighted by atomic mass is 35.5. The van der Waals surface area contributed by atoms with Crippen LogP contribution in [0.1, 0.15) is 0 Å². The van der Waals surface area contributed by atoms with Crippen LogP contribution in [0.5, 0.6) is 0 Å². The Kier molecular flexibility index (Phi) is 4.26. The Balaban J connectivity index is 2.35. The van der Waals surface area contributed by atoms with Crippen LogP contribution >= 0.6 is 23.2 Å². The Morgan fingerprint density at radius 1 is 1.11 bits per heavy atom. The fraction of sp³-hybridized carbons (Fsp3) is 0.0714. The molecule has 19 heavy (non-hydrogen) atoms. The maximum absolute atomic E-state index is 13.4. The van der Waals surface area contributed by atoms with E-state index in [2.05, 4.69) is 5.32 Å². The lowest BCUT2D eigenvalue weighted by atomic mass is 10.1. The predicted molar refractivity (Wildman–Crippen MR) is 76.0 cm³/mol. The number of nitriles is 1. The van der Waals surface area contributed by atoms with Gasteiger partial charge in [0.15, 0.2) is 0 Å². The van der Waals surface area contributed by atoms with Gasteiger partial charge in [0.25, 0.3) is 0 Å². The molecule has 2 aromatic carbocycles. The molecule has 0 radical (unpaired) electrons. The van der Waals surface area contributed by atoms with Crippen molar-refractivity contribution in [3.05, 3.63) is 52.3 Å². The highest BCUT2D eigenvalue weighted by Crippen LogP contribution is 2.32. The quantitative estimate of drug-likeness (QED) is 0.830. The van der Waals surface area contributed by atoms with E-state index in [1.807, 2.05) is 6.07 Å². The molecule has 0 unspecified atom stereocenters.